The summed E-state index contributed by atoms with van der Waals surface area (Å²) in [4.78, 5) is 2.51. The molecule has 2 rings (SSSR count). The number of hydrogen-bond acceptors (Lipinski definition) is 2. The van der Waals surface area contributed by atoms with Gasteiger partial charge in [0.25, 0.3) is 0 Å². The second-order valence-corrected chi connectivity index (χ2v) is 5.95. The van der Waals surface area contributed by atoms with Gasteiger partial charge in [-0.1, -0.05) is 43.6 Å². The molecule has 2 nitrogen and oxygen atoms in total. The quantitative estimate of drug-likeness (QED) is 0.881. The largest absolute Gasteiger partial charge is 0.314 e. The molecule has 1 unspecified atom stereocenters. The van der Waals surface area contributed by atoms with Crippen LogP contribution in [0.4, 0.5) is 0 Å². The van der Waals surface area contributed by atoms with Gasteiger partial charge in [0.2, 0.25) is 0 Å². The van der Waals surface area contributed by atoms with Crippen LogP contribution in [-0.2, 0) is 6.54 Å². The highest BCUT2D eigenvalue weighted by Gasteiger charge is 2.22. The normalized spacial score (nSPS) is 20.8. The molecule has 0 spiro atoms. The van der Waals surface area contributed by atoms with E-state index in [1.54, 1.807) is 0 Å². The SMILES string of the molecule is CC(C)NCC1CCN(Cc2ccccc2Cl)C1. The molecule has 1 aliphatic rings. The zero-order chi connectivity index (χ0) is 13.0. The van der Waals surface area contributed by atoms with E-state index in [4.69, 9.17) is 11.6 Å². The number of likely N-dealkylation sites (tertiary alicyclic amines) is 1. The molecule has 0 amide bonds. The topological polar surface area (TPSA) is 15.3 Å². The van der Waals surface area contributed by atoms with Crippen LogP contribution in [0.5, 0.6) is 0 Å². The molecule has 1 aliphatic heterocycles. The van der Waals surface area contributed by atoms with Gasteiger partial charge in [-0.25, -0.2) is 0 Å². The number of halogens is 1. The average Bonchev–Trinajstić information content (AvgIpc) is 2.77. The van der Waals surface area contributed by atoms with Gasteiger partial charge in [0.15, 0.2) is 0 Å². The number of hydrogen-bond donors (Lipinski definition) is 1. The van der Waals surface area contributed by atoms with Crippen LogP contribution in [-0.4, -0.2) is 30.6 Å². The monoisotopic (exact) mass is 266 g/mol. The van der Waals surface area contributed by atoms with Gasteiger partial charge >= 0.3 is 0 Å². The minimum absolute atomic E-state index is 0.586. The zero-order valence-electron chi connectivity index (χ0n) is 11.3. The second-order valence-electron chi connectivity index (χ2n) is 5.54. The first-order valence-corrected chi connectivity index (χ1v) is 7.22. The standard InChI is InChI=1S/C15H23ClN2/c1-12(2)17-9-13-7-8-18(10-13)11-14-5-3-4-6-15(14)16/h3-6,12-13,17H,7-11H2,1-2H3. The van der Waals surface area contributed by atoms with Gasteiger partial charge in [0.05, 0.1) is 0 Å². The highest BCUT2D eigenvalue weighted by atomic mass is 35.5. The summed E-state index contributed by atoms with van der Waals surface area (Å²) < 4.78 is 0. The van der Waals surface area contributed by atoms with Gasteiger partial charge in [-0.15, -0.1) is 0 Å². The first-order valence-electron chi connectivity index (χ1n) is 6.84. The predicted molar refractivity (Wildman–Crippen MR) is 78.0 cm³/mol. The van der Waals surface area contributed by atoms with Gasteiger partial charge in [0, 0.05) is 24.2 Å². The van der Waals surface area contributed by atoms with Crippen molar-refractivity contribution in [1.29, 1.82) is 0 Å². The lowest BCUT2D eigenvalue weighted by molar-refractivity contribution is 0.313. The molecule has 0 saturated carbocycles. The van der Waals surface area contributed by atoms with E-state index in [2.05, 4.69) is 36.2 Å². The molecule has 1 N–H and O–H groups in total. The number of benzene rings is 1. The molecule has 1 aromatic rings. The minimum atomic E-state index is 0.586. The first-order chi connectivity index (χ1) is 8.65. The molecule has 1 aromatic carbocycles. The Morgan fingerprint density at radius 3 is 2.89 bits per heavy atom. The maximum Gasteiger partial charge on any atom is 0.0451 e. The molecule has 1 heterocycles. The van der Waals surface area contributed by atoms with E-state index >= 15 is 0 Å². The van der Waals surface area contributed by atoms with Crippen molar-refractivity contribution < 1.29 is 0 Å². The summed E-state index contributed by atoms with van der Waals surface area (Å²) in [5.74, 6) is 0.787. The number of nitrogens with zero attached hydrogens (tertiary/aromatic N) is 1. The van der Waals surface area contributed by atoms with E-state index in [1.165, 1.54) is 25.1 Å². The fraction of sp³-hybridized carbons (Fsp3) is 0.600. The van der Waals surface area contributed by atoms with E-state index in [9.17, 15) is 0 Å². The van der Waals surface area contributed by atoms with Crippen LogP contribution in [0, 0.1) is 5.92 Å². The average molecular weight is 267 g/mol. The molecule has 18 heavy (non-hydrogen) atoms. The van der Waals surface area contributed by atoms with Crippen LogP contribution >= 0.6 is 11.6 Å². The van der Waals surface area contributed by atoms with E-state index in [-0.39, 0.29) is 0 Å². The summed E-state index contributed by atoms with van der Waals surface area (Å²) in [6, 6.07) is 8.75. The Hall–Kier alpha value is -0.570. The van der Waals surface area contributed by atoms with Crippen molar-refractivity contribution in [2.45, 2.75) is 32.9 Å². The van der Waals surface area contributed by atoms with Gasteiger partial charge < -0.3 is 5.32 Å². The fourth-order valence-corrected chi connectivity index (χ4v) is 2.69. The van der Waals surface area contributed by atoms with Crippen LogP contribution in [0.25, 0.3) is 0 Å². The summed E-state index contributed by atoms with van der Waals surface area (Å²) in [5.41, 5.74) is 1.25. The van der Waals surface area contributed by atoms with Crippen molar-refractivity contribution in [3.8, 4) is 0 Å². The Morgan fingerprint density at radius 1 is 1.39 bits per heavy atom. The Morgan fingerprint density at radius 2 is 2.17 bits per heavy atom. The molecule has 0 aromatic heterocycles. The molecule has 100 valence electrons. The summed E-state index contributed by atoms with van der Waals surface area (Å²) in [7, 11) is 0. The van der Waals surface area contributed by atoms with Gasteiger partial charge in [-0.05, 0) is 37.1 Å². The van der Waals surface area contributed by atoms with Crippen molar-refractivity contribution in [1.82, 2.24) is 10.2 Å². The van der Waals surface area contributed by atoms with E-state index in [1.807, 2.05) is 12.1 Å². The molecular formula is C15H23ClN2. The Bertz CT molecular complexity index is 379. The Balaban J connectivity index is 1.81. The highest BCUT2D eigenvalue weighted by molar-refractivity contribution is 6.31. The fourth-order valence-electron chi connectivity index (χ4n) is 2.49. The van der Waals surface area contributed by atoms with E-state index in [0.29, 0.717) is 6.04 Å². The first kappa shape index (κ1) is 13.9. The van der Waals surface area contributed by atoms with Gasteiger partial charge in [-0.2, -0.15) is 0 Å². The van der Waals surface area contributed by atoms with Crippen molar-refractivity contribution in [3.05, 3.63) is 34.9 Å². The van der Waals surface area contributed by atoms with E-state index < -0.39 is 0 Å². The van der Waals surface area contributed by atoms with Crippen molar-refractivity contribution in [2.24, 2.45) is 5.92 Å². The number of rotatable bonds is 5. The lowest BCUT2D eigenvalue weighted by Gasteiger charge is -2.17. The van der Waals surface area contributed by atoms with Crippen molar-refractivity contribution >= 4 is 11.6 Å². The minimum Gasteiger partial charge on any atom is -0.314 e. The second kappa shape index (κ2) is 6.55. The lowest BCUT2D eigenvalue weighted by Crippen LogP contribution is -2.30. The molecule has 1 atom stereocenters. The van der Waals surface area contributed by atoms with Crippen LogP contribution in [0.1, 0.15) is 25.8 Å². The molecular weight excluding hydrogens is 244 g/mol. The molecule has 0 radical (unpaired) electrons. The van der Waals surface area contributed by atoms with Gasteiger partial charge in [-0.3, -0.25) is 4.90 Å². The molecule has 0 bridgehead atoms. The molecule has 3 heteroatoms. The highest BCUT2D eigenvalue weighted by Crippen LogP contribution is 2.22. The van der Waals surface area contributed by atoms with Gasteiger partial charge in [0.1, 0.15) is 0 Å². The summed E-state index contributed by atoms with van der Waals surface area (Å²) >= 11 is 6.20. The number of nitrogens with one attached hydrogen (secondary N) is 1. The van der Waals surface area contributed by atoms with Crippen LogP contribution in [0.3, 0.4) is 0 Å². The molecule has 0 aliphatic carbocycles. The maximum atomic E-state index is 6.20. The van der Waals surface area contributed by atoms with Crippen LogP contribution in [0.2, 0.25) is 5.02 Å². The Kier molecular flexibility index (Phi) is 5.04. The third-order valence-corrected chi connectivity index (χ3v) is 3.91. The smallest absolute Gasteiger partial charge is 0.0451 e. The summed E-state index contributed by atoms with van der Waals surface area (Å²) in [5, 5.41) is 4.42. The van der Waals surface area contributed by atoms with Crippen LogP contribution < -0.4 is 5.32 Å². The summed E-state index contributed by atoms with van der Waals surface area (Å²) in [6.07, 6.45) is 1.30. The van der Waals surface area contributed by atoms with Crippen molar-refractivity contribution in [3.63, 3.8) is 0 Å². The summed E-state index contributed by atoms with van der Waals surface area (Å²) in [6.45, 7) is 8.90. The maximum absolute atomic E-state index is 6.20. The van der Waals surface area contributed by atoms with Crippen molar-refractivity contribution in [2.75, 3.05) is 19.6 Å². The van der Waals surface area contributed by atoms with Crippen LogP contribution in [0.15, 0.2) is 24.3 Å². The van der Waals surface area contributed by atoms with E-state index in [0.717, 1.165) is 24.0 Å². The Labute approximate surface area is 115 Å². The lowest BCUT2D eigenvalue weighted by atomic mass is 10.1. The zero-order valence-corrected chi connectivity index (χ0v) is 12.1. The molecule has 1 fully saturated rings. The molecule has 1 saturated heterocycles. The third kappa shape index (κ3) is 3.98. The predicted octanol–water partition coefficient (Wildman–Crippen LogP) is 3.16. The third-order valence-electron chi connectivity index (χ3n) is 3.54.